The van der Waals surface area contributed by atoms with Crippen molar-refractivity contribution in [2.75, 3.05) is 4.90 Å². The van der Waals surface area contributed by atoms with Crippen molar-refractivity contribution in [3.8, 4) is 22.3 Å². The highest BCUT2D eigenvalue weighted by Gasteiger charge is 2.45. The van der Waals surface area contributed by atoms with Crippen molar-refractivity contribution in [1.29, 1.82) is 0 Å². The van der Waals surface area contributed by atoms with Gasteiger partial charge in [-0.2, -0.15) is 0 Å². The number of nitrogens with zero attached hydrogens (tertiary/aromatic N) is 2. The van der Waals surface area contributed by atoms with Gasteiger partial charge in [0.05, 0.1) is 11.5 Å². The molecule has 1 unspecified atom stereocenters. The lowest BCUT2D eigenvalue weighted by molar-refractivity contribution is 0.656. The van der Waals surface area contributed by atoms with Gasteiger partial charge in [-0.25, -0.2) is 0 Å². The molecular formula is C67H46N2S. The van der Waals surface area contributed by atoms with Gasteiger partial charge in [0.15, 0.2) is 0 Å². The monoisotopic (exact) mass is 910 g/mol. The first-order valence-corrected chi connectivity index (χ1v) is 25.2. The van der Waals surface area contributed by atoms with Crippen molar-refractivity contribution in [2.45, 2.75) is 17.9 Å². The number of rotatable bonds is 8. The maximum absolute atomic E-state index is 2.53. The number of thiophene rings is 1. The molecule has 0 aliphatic heterocycles. The van der Waals surface area contributed by atoms with Crippen molar-refractivity contribution in [3.63, 3.8) is 0 Å². The van der Waals surface area contributed by atoms with Crippen LogP contribution >= 0.6 is 11.3 Å². The van der Waals surface area contributed by atoms with E-state index in [1.807, 2.05) is 11.3 Å². The van der Waals surface area contributed by atoms with E-state index < -0.39 is 5.41 Å². The number of allylic oxidation sites excluding steroid dienone is 4. The molecule has 0 spiro atoms. The molecule has 0 bridgehead atoms. The zero-order chi connectivity index (χ0) is 46.2. The largest absolute Gasteiger partial charge is 0.333 e. The van der Waals surface area contributed by atoms with Crippen LogP contribution in [-0.4, -0.2) is 4.57 Å². The van der Waals surface area contributed by atoms with Gasteiger partial charge in [0.1, 0.15) is 0 Å². The summed E-state index contributed by atoms with van der Waals surface area (Å²) in [6.45, 7) is 0. The smallest absolute Gasteiger partial charge is 0.0713 e. The van der Waals surface area contributed by atoms with Crippen LogP contribution in [0.4, 0.5) is 17.1 Å². The highest BCUT2D eigenvalue weighted by atomic mass is 32.1. The molecule has 0 fully saturated rings. The molecule has 3 heteroatoms. The van der Waals surface area contributed by atoms with E-state index in [9.17, 15) is 0 Å². The van der Waals surface area contributed by atoms with E-state index >= 15 is 0 Å². The van der Waals surface area contributed by atoms with Crippen molar-refractivity contribution in [2.24, 2.45) is 0 Å². The Morgan fingerprint density at radius 1 is 0.414 bits per heavy atom. The predicted molar refractivity (Wildman–Crippen MR) is 297 cm³/mol. The molecule has 2 nitrogen and oxygen atoms in total. The maximum Gasteiger partial charge on any atom is 0.0713 e. The van der Waals surface area contributed by atoms with Crippen LogP contribution in [0.1, 0.15) is 40.3 Å². The molecule has 70 heavy (non-hydrogen) atoms. The summed E-state index contributed by atoms with van der Waals surface area (Å²) in [5.74, 6) is 0. The van der Waals surface area contributed by atoms with Crippen LogP contribution in [0.2, 0.25) is 0 Å². The fourth-order valence-corrected chi connectivity index (χ4v) is 13.0. The van der Waals surface area contributed by atoms with Gasteiger partial charge < -0.3 is 9.47 Å². The van der Waals surface area contributed by atoms with Gasteiger partial charge in [-0.15, -0.1) is 11.3 Å². The van der Waals surface area contributed by atoms with Gasteiger partial charge in [-0.05, 0) is 129 Å². The van der Waals surface area contributed by atoms with Crippen LogP contribution in [0.5, 0.6) is 0 Å². The Labute approximate surface area is 412 Å². The highest BCUT2D eigenvalue weighted by molar-refractivity contribution is 7.25. The molecule has 0 saturated carbocycles. The third-order valence-corrected chi connectivity index (χ3v) is 16.2. The molecule has 330 valence electrons. The van der Waals surface area contributed by atoms with Crippen molar-refractivity contribution in [1.82, 2.24) is 4.57 Å². The quantitative estimate of drug-likeness (QED) is 0.147. The molecule has 12 aromatic rings. The summed E-state index contributed by atoms with van der Waals surface area (Å²) in [6, 6.07) is 90.3. The number of benzene rings is 10. The number of hydrogen-bond donors (Lipinski definition) is 0. The van der Waals surface area contributed by atoms with E-state index in [2.05, 4.69) is 270 Å². The first-order chi connectivity index (χ1) is 34.7. The van der Waals surface area contributed by atoms with Crippen LogP contribution in [0.15, 0.2) is 261 Å². The Kier molecular flexibility index (Phi) is 9.47. The summed E-state index contributed by atoms with van der Waals surface area (Å²) in [7, 11) is 0. The van der Waals surface area contributed by atoms with Gasteiger partial charge in [-0.3, -0.25) is 0 Å². The van der Waals surface area contributed by atoms with Gasteiger partial charge in [-0.1, -0.05) is 194 Å². The summed E-state index contributed by atoms with van der Waals surface area (Å²) in [6.07, 6.45) is 7.82. The molecule has 2 aromatic heterocycles. The van der Waals surface area contributed by atoms with Gasteiger partial charge in [0.2, 0.25) is 0 Å². The summed E-state index contributed by atoms with van der Waals surface area (Å²) in [4.78, 5) is 2.43. The Morgan fingerprint density at radius 3 is 1.69 bits per heavy atom. The molecule has 2 heterocycles. The molecule has 10 aromatic carbocycles. The SMILES string of the molecule is C1=CC(n2c3ccccc3c3ccccc32)CC(c2ccc(N(c3ccc(C4(c5ccccc5)c5ccccc5-c5ccccc54)cc3)c3cccc(-c4ccc5sc6ccccc6c5c4)c3)cc2)=C1. The lowest BCUT2D eigenvalue weighted by Crippen LogP contribution is -2.28. The number of hydrogen-bond acceptors (Lipinski definition) is 2. The Bertz CT molecular complexity index is 3940. The third-order valence-electron chi connectivity index (χ3n) is 15.0. The molecule has 2 aliphatic rings. The number of para-hydroxylation sites is 2. The van der Waals surface area contributed by atoms with Gasteiger partial charge >= 0.3 is 0 Å². The molecular weight excluding hydrogens is 865 g/mol. The third kappa shape index (κ3) is 6.32. The fraction of sp³-hybridized carbons (Fsp3) is 0.0448. The Morgan fingerprint density at radius 2 is 0.971 bits per heavy atom. The average Bonchev–Trinajstić information content (AvgIpc) is 4.08. The van der Waals surface area contributed by atoms with E-state index in [1.165, 1.54) is 97.6 Å². The van der Waals surface area contributed by atoms with Crippen molar-refractivity contribution < 1.29 is 0 Å². The lowest BCUT2D eigenvalue weighted by atomic mass is 9.68. The van der Waals surface area contributed by atoms with E-state index in [0.29, 0.717) is 0 Å². The molecule has 0 saturated heterocycles. The topological polar surface area (TPSA) is 8.17 Å². The fourth-order valence-electron chi connectivity index (χ4n) is 11.9. The summed E-state index contributed by atoms with van der Waals surface area (Å²) < 4.78 is 5.17. The highest BCUT2D eigenvalue weighted by Crippen LogP contribution is 2.56. The predicted octanol–water partition coefficient (Wildman–Crippen LogP) is 18.2. The molecule has 0 N–H and O–H groups in total. The maximum atomic E-state index is 2.53. The molecule has 2 aliphatic carbocycles. The minimum absolute atomic E-state index is 0.200. The zero-order valence-electron chi connectivity index (χ0n) is 38.4. The molecule has 0 radical (unpaired) electrons. The zero-order valence-corrected chi connectivity index (χ0v) is 39.2. The Hall–Kier alpha value is -8.50. The first-order valence-electron chi connectivity index (χ1n) is 24.3. The van der Waals surface area contributed by atoms with E-state index in [0.717, 1.165) is 23.5 Å². The Balaban J connectivity index is 0.876. The van der Waals surface area contributed by atoms with Crippen LogP contribution in [0.25, 0.3) is 69.8 Å². The van der Waals surface area contributed by atoms with Gasteiger partial charge in [0, 0.05) is 59.0 Å². The minimum atomic E-state index is -0.469. The van der Waals surface area contributed by atoms with Crippen molar-refractivity contribution >= 4 is 76.0 Å². The van der Waals surface area contributed by atoms with Crippen LogP contribution < -0.4 is 4.90 Å². The van der Waals surface area contributed by atoms with E-state index in [1.54, 1.807) is 0 Å². The van der Waals surface area contributed by atoms with E-state index in [4.69, 9.17) is 0 Å². The van der Waals surface area contributed by atoms with Crippen LogP contribution in [-0.2, 0) is 5.41 Å². The van der Waals surface area contributed by atoms with E-state index in [-0.39, 0.29) is 6.04 Å². The van der Waals surface area contributed by atoms with Crippen LogP contribution in [0, 0.1) is 0 Å². The summed E-state index contributed by atoms with van der Waals surface area (Å²) in [5.41, 5.74) is 18.1. The first kappa shape index (κ1) is 40.6. The second kappa shape index (κ2) is 16.3. The second-order valence-corrected chi connectivity index (χ2v) is 19.8. The molecule has 0 amide bonds. The molecule has 14 rings (SSSR count). The van der Waals surface area contributed by atoms with Crippen molar-refractivity contribution in [3.05, 3.63) is 289 Å². The summed E-state index contributed by atoms with van der Waals surface area (Å²) in [5, 5.41) is 5.23. The normalized spacial score (nSPS) is 14.8. The average molecular weight is 911 g/mol. The van der Waals surface area contributed by atoms with Gasteiger partial charge in [0.25, 0.3) is 0 Å². The van der Waals surface area contributed by atoms with Crippen LogP contribution in [0.3, 0.4) is 0 Å². The second-order valence-electron chi connectivity index (χ2n) is 18.7. The number of aromatic nitrogens is 1. The number of anilines is 3. The number of fused-ring (bicyclic) bond motifs is 9. The summed E-state index contributed by atoms with van der Waals surface area (Å²) >= 11 is 1.86. The lowest BCUT2D eigenvalue weighted by Gasteiger charge is -2.34. The minimum Gasteiger partial charge on any atom is -0.333 e. The standard InChI is InChI=1S/C67H46N2S/c1-2-18-49(19-3-1)67(61-27-9-4-22-55(61)56-23-5-10-28-62(56)67)50-35-39-52(40-36-50)68(53-20-15-17-47(43-53)48-34-41-66-60(44-48)59-26-8-13-31-65(59)70-66)51-37-32-45(33-38-51)46-16-14-21-54(42-46)69-63-29-11-6-24-57(63)58-25-7-12-30-64(58)69/h1-41,43-44,54H,42H2. The molecule has 1 atom stereocenters.